The lowest BCUT2D eigenvalue weighted by Crippen LogP contribution is -2.36. The summed E-state index contributed by atoms with van der Waals surface area (Å²) in [5, 5.41) is 10.6. The van der Waals surface area contributed by atoms with Gasteiger partial charge in [-0.1, -0.05) is 17.7 Å². The molecule has 1 unspecified atom stereocenters. The van der Waals surface area contributed by atoms with Gasteiger partial charge in [-0.25, -0.2) is 8.42 Å². The Hall–Kier alpha value is -1.56. The number of hydrogen-bond donors (Lipinski definition) is 1. The molecule has 1 aliphatic rings. The predicted molar refractivity (Wildman–Crippen MR) is 91.5 cm³/mol. The number of halogens is 1. The van der Waals surface area contributed by atoms with Crippen LogP contribution in [0.3, 0.4) is 0 Å². The fraction of sp³-hybridized carbons (Fsp3) is 0.294. The summed E-state index contributed by atoms with van der Waals surface area (Å²) in [6, 6.07) is 10.0. The van der Waals surface area contributed by atoms with Crippen LogP contribution in [0.1, 0.15) is 29.2 Å². The smallest absolute Gasteiger partial charge is 0.264 e. The summed E-state index contributed by atoms with van der Waals surface area (Å²) >= 11 is 5.98. The lowest BCUT2D eigenvalue weighted by molar-refractivity contribution is 0.166. The second-order valence-corrected chi connectivity index (χ2v) is 8.13. The molecule has 122 valence electrons. The fourth-order valence-corrected chi connectivity index (χ4v) is 4.56. The van der Waals surface area contributed by atoms with Crippen LogP contribution in [-0.2, 0) is 10.0 Å². The van der Waals surface area contributed by atoms with Crippen molar-refractivity contribution in [3.05, 3.63) is 58.1 Å². The summed E-state index contributed by atoms with van der Waals surface area (Å²) < 4.78 is 27.4. The molecule has 1 aliphatic heterocycles. The molecule has 0 fully saturated rings. The molecule has 0 amide bonds. The molecule has 0 bridgehead atoms. The highest BCUT2D eigenvalue weighted by Crippen LogP contribution is 2.38. The van der Waals surface area contributed by atoms with E-state index in [2.05, 4.69) is 0 Å². The minimum absolute atomic E-state index is 0.241. The first kappa shape index (κ1) is 16.3. The Morgan fingerprint density at radius 1 is 1.13 bits per heavy atom. The topological polar surface area (TPSA) is 57.6 Å². The first-order valence-corrected chi connectivity index (χ1v) is 9.20. The largest absolute Gasteiger partial charge is 0.388 e. The predicted octanol–water partition coefficient (Wildman–Crippen LogP) is 3.59. The van der Waals surface area contributed by atoms with E-state index in [-0.39, 0.29) is 11.4 Å². The van der Waals surface area contributed by atoms with Crippen molar-refractivity contribution in [2.24, 2.45) is 0 Å². The fourth-order valence-electron chi connectivity index (χ4n) is 2.79. The monoisotopic (exact) mass is 351 g/mol. The Kier molecular flexibility index (Phi) is 4.12. The van der Waals surface area contributed by atoms with E-state index in [0.717, 1.165) is 11.1 Å². The highest BCUT2D eigenvalue weighted by Gasteiger charge is 2.32. The zero-order chi connectivity index (χ0) is 16.8. The molecular formula is C17H18ClNO3S. The van der Waals surface area contributed by atoms with E-state index in [9.17, 15) is 13.5 Å². The molecule has 1 N–H and O–H groups in total. The van der Waals surface area contributed by atoms with Crippen LogP contribution in [0.2, 0.25) is 5.02 Å². The lowest BCUT2D eigenvalue weighted by atomic mass is 10.0. The van der Waals surface area contributed by atoms with Gasteiger partial charge >= 0.3 is 0 Å². The third-order valence-electron chi connectivity index (χ3n) is 4.29. The molecule has 6 heteroatoms. The van der Waals surface area contributed by atoms with Gasteiger partial charge in [-0.3, -0.25) is 4.31 Å². The summed E-state index contributed by atoms with van der Waals surface area (Å²) in [7, 11) is -3.67. The quantitative estimate of drug-likeness (QED) is 0.899. The maximum atomic E-state index is 13.0. The van der Waals surface area contributed by atoms with Crippen molar-refractivity contribution in [1.29, 1.82) is 0 Å². The van der Waals surface area contributed by atoms with E-state index in [0.29, 0.717) is 22.7 Å². The summed E-state index contributed by atoms with van der Waals surface area (Å²) in [5.41, 5.74) is 3.02. The van der Waals surface area contributed by atoms with Gasteiger partial charge in [0.2, 0.25) is 0 Å². The molecule has 0 radical (unpaired) electrons. The number of sulfonamides is 1. The van der Waals surface area contributed by atoms with Gasteiger partial charge in [0, 0.05) is 17.1 Å². The summed E-state index contributed by atoms with van der Waals surface area (Å²) in [5.74, 6) is 0. The Labute approximate surface area is 141 Å². The molecule has 0 aliphatic carbocycles. The van der Waals surface area contributed by atoms with Gasteiger partial charge in [-0.15, -0.1) is 0 Å². The van der Waals surface area contributed by atoms with E-state index in [1.54, 1.807) is 30.3 Å². The number of fused-ring (bicyclic) bond motifs is 1. The molecule has 2 aromatic carbocycles. The van der Waals surface area contributed by atoms with Crippen LogP contribution in [0.4, 0.5) is 5.69 Å². The molecule has 1 atom stereocenters. The van der Waals surface area contributed by atoms with Crippen LogP contribution in [-0.4, -0.2) is 20.1 Å². The molecule has 0 saturated carbocycles. The highest BCUT2D eigenvalue weighted by atomic mass is 35.5. The van der Waals surface area contributed by atoms with Gasteiger partial charge in [0.25, 0.3) is 10.0 Å². The lowest BCUT2D eigenvalue weighted by Gasteiger charge is -2.33. The molecule has 4 nitrogen and oxygen atoms in total. The van der Waals surface area contributed by atoms with Crippen molar-refractivity contribution in [3.63, 3.8) is 0 Å². The van der Waals surface area contributed by atoms with Crippen molar-refractivity contribution in [1.82, 2.24) is 0 Å². The average Bonchev–Trinajstić information content (AvgIpc) is 2.50. The normalized spacial score (nSPS) is 17.9. The SMILES string of the molecule is Cc1ccc(S(=O)(=O)N2CCC(O)c3cc(Cl)ccc32)cc1C. The maximum Gasteiger partial charge on any atom is 0.264 e. The van der Waals surface area contributed by atoms with Crippen molar-refractivity contribution < 1.29 is 13.5 Å². The molecule has 23 heavy (non-hydrogen) atoms. The highest BCUT2D eigenvalue weighted by molar-refractivity contribution is 7.92. The van der Waals surface area contributed by atoms with Gasteiger partial charge in [0.15, 0.2) is 0 Å². The molecule has 0 aromatic heterocycles. The van der Waals surface area contributed by atoms with E-state index >= 15 is 0 Å². The van der Waals surface area contributed by atoms with Crippen molar-refractivity contribution in [2.75, 3.05) is 10.8 Å². The molecule has 1 heterocycles. The van der Waals surface area contributed by atoms with Crippen LogP contribution in [0, 0.1) is 13.8 Å². The first-order chi connectivity index (χ1) is 10.8. The van der Waals surface area contributed by atoms with Crippen molar-refractivity contribution in [3.8, 4) is 0 Å². The molecule has 0 spiro atoms. The number of aliphatic hydroxyl groups excluding tert-OH is 1. The summed E-state index contributed by atoms with van der Waals surface area (Å²) in [6.45, 7) is 4.08. The Morgan fingerprint density at radius 3 is 2.57 bits per heavy atom. The van der Waals surface area contributed by atoms with Crippen LogP contribution >= 0.6 is 11.6 Å². The van der Waals surface area contributed by atoms with Crippen LogP contribution in [0.25, 0.3) is 0 Å². The minimum Gasteiger partial charge on any atom is -0.388 e. The van der Waals surface area contributed by atoms with E-state index in [4.69, 9.17) is 11.6 Å². The third-order valence-corrected chi connectivity index (χ3v) is 6.33. The number of anilines is 1. The van der Waals surface area contributed by atoms with Crippen LogP contribution in [0.5, 0.6) is 0 Å². The molecular weight excluding hydrogens is 334 g/mol. The Balaban J connectivity index is 2.11. The van der Waals surface area contributed by atoms with Crippen molar-refractivity contribution >= 4 is 27.3 Å². The van der Waals surface area contributed by atoms with Gasteiger partial charge in [-0.2, -0.15) is 0 Å². The van der Waals surface area contributed by atoms with Crippen LogP contribution in [0.15, 0.2) is 41.3 Å². The number of benzene rings is 2. The molecule has 3 rings (SSSR count). The van der Waals surface area contributed by atoms with Gasteiger partial charge in [-0.05, 0) is 61.7 Å². The molecule has 2 aromatic rings. The van der Waals surface area contributed by atoms with E-state index in [1.807, 2.05) is 19.9 Å². The van der Waals surface area contributed by atoms with Crippen LogP contribution < -0.4 is 4.31 Å². The number of aliphatic hydroxyl groups is 1. The van der Waals surface area contributed by atoms with Gasteiger partial charge < -0.3 is 5.11 Å². The summed E-state index contributed by atoms with van der Waals surface area (Å²) in [6.07, 6.45) is -0.355. The number of hydrogen-bond acceptors (Lipinski definition) is 3. The van der Waals surface area contributed by atoms with Crippen molar-refractivity contribution in [2.45, 2.75) is 31.3 Å². The van der Waals surface area contributed by atoms with E-state index in [1.165, 1.54) is 4.31 Å². The Morgan fingerprint density at radius 2 is 1.87 bits per heavy atom. The van der Waals surface area contributed by atoms with E-state index < -0.39 is 16.1 Å². The zero-order valence-corrected chi connectivity index (χ0v) is 14.5. The van der Waals surface area contributed by atoms with Gasteiger partial charge in [0.05, 0.1) is 16.7 Å². The third kappa shape index (κ3) is 2.84. The van der Waals surface area contributed by atoms with Gasteiger partial charge in [0.1, 0.15) is 0 Å². The zero-order valence-electron chi connectivity index (χ0n) is 13.0. The number of rotatable bonds is 2. The molecule has 0 saturated heterocycles. The maximum absolute atomic E-state index is 13.0. The second-order valence-electron chi connectivity index (χ2n) is 5.83. The average molecular weight is 352 g/mol. The standard InChI is InChI=1S/C17H18ClNO3S/c1-11-3-5-14(9-12(11)2)23(21,22)19-8-7-17(20)15-10-13(18)4-6-16(15)19/h3-6,9-10,17,20H,7-8H2,1-2H3. The number of nitrogens with zero attached hydrogens (tertiary/aromatic N) is 1. The number of aryl methyl sites for hydroxylation is 2. The minimum atomic E-state index is -3.67. The second kappa shape index (κ2) is 5.82. The summed E-state index contributed by atoms with van der Waals surface area (Å²) in [4.78, 5) is 0.262. The Bertz CT molecular complexity index is 864. The first-order valence-electron chi connectivity index (χ1n) is 7.38.